The van der Waals surface area contributed by atoms with E-state index < -0.39 is 36.0 Å². The van der Waals surface area contributed by atoms with E-state index in [1.807, 2.05) is 60.7 Å². The van der Waals surface area contributed by atoms with E-state index >= 15 is 0 Å². The van der Waals surface area contributed by atoms with Crippen LogP contribution in [0.5, 0.6) is 0 Å². The van der Waals surface area contributed by atoms with Crippen LogP contribution in [0.2, 0.25) is 0 Å². The van der Waals surface area contributed by atoms with E-state index in [1.54, 1.807) is 46.8 Å². The summed E-state index contributed by atoms with van der Waals surface area (Å²) in [5.41, 5.74) is 3.17. The lowest BCUT2D eigenvalue weighted by Crippen LogP contribution is -2.31. The van der Waals surface area contributed by atoms with Crippen molar-refractivity contribution in [2.75, 3.05) is 26.2 Å². The summed E-state index contributed by atoms with van der Waals surface area (Å²) in [4.78, 5) is 29.3. The molecule has 0 bridgehead atoms. The van der Waals surface area contributed by atoms with E-state index in [0.717, 1.165) is 72.0 Å². The normalized spacial score (nSPS) is 15.5. The van der Waals surface area contributed by atoms with E-state index in [2.05, 4.69) is 15.6 Å². The van der Waals surface area contributed by atoms with Gasteiger partial charge in [-0.1, -0.05) is 105 Å². The molecule has 17 heteroatoms. The fraction of sp³-hybridized carbons (Fsp3) is 0.280. The number of sulfonamides is 2. The Balaban J connectivity index is 0.000000188. The summed E-state index contributed by atoms with van der Waals surface area (Å²) in [7, 11) is -11.4. The Morgan fingerprint density at radius 2 is 0.925 bits per heavy atom. The van der Waals surface area contributed by atoms with Crippen LogP contribution < -0.4 is 10.6 Å². The molecule has 0 atom stereocenters. The van der Waals surface area contributed by atoms with E-state index in [4.69, 9.17) is 0 Å². The summed E-state index contributed by atoms with van der Waals surface area (Å²) in [6.07, 6.45) is 7.54. The van der Waals surface area contributed by atoms with Gasteiger partial charge in [-0.05, 0) is 97.5 Å². The summed E-state index contributed by atoms with van der Waals surface area (Å²) in [6, 6.07) is 39.3. The molecule has 0 spiro atoms. The Morgan fingerprint density at radius 1 is 0.463 bits per heavy atom. The van der Waals surface area contributed by atoms with Gasteiger partial charge >= 0.3 is 0 Å². The molecule has 9 rings (SSSR count). The Morgan fingerprint density at radius 3 is 1.45 bits per heavy atom. The molecule has 2 aliphatic rings. The fourth-order valence-corrected chi connectivity index (χ4v) is 13.1. The Kier molecular flexibility index (Phi) is 14.7. The predicted octanol–water partition coefficient (Wildman–Crippen LogP) is 8.04. The SMILES string of the molecule is O=C(NCc1ccccc1)c1cc2cc(S(=O)(=O)N3CCCCCC3)ccc2[nH]1.O=C(NCc1ccccc1)c1cc2cc(S(=O)(=O)N3CCCCCC3)ccc2n1S(=O)(=O)c1ccccc1. The number of nitrogens with one attached hydrogen (secondary N) is 3. The van der Waals surface area contributed by atoms with Crippen molar-refractivity contribution in [1.29, 1.82) is 0 Å². The highest BCUT2D eigenvalue weighted by atomic mass is 32.2. The molecule has 67 heavy (non-hydrogen) atoms. The number of fused-ring (bicyclic) bond motifs is 2. The lowest BCUT2D eigenvalue weighted by atomic mass is 10.2. The summed E-state index contributed by atoms with van der Waals surface area (Å²) in [5.74, 6) is -0.802. The molecule has 5 aromatic carbocycles. The molecule has 2 saturated heterocycles. The molecular weight excluding hydrogens is 909 g/mol. The van der Waals surface area contributed by atoms with Crippen LogP contribution in [0.15, 0.2) is 154 Å². The third kappa shape index (κ3) is 10.9. The highest BCUT2D eigenvalue weighted by molar-refractivity contribution is 7.90. The maximum atomic E-state index is 13.7. The second-order valence-electron chi connectivity index (χ2n) is 16.7. The highest BCUT2D eigenvalue weighted by Crippen LogP contribution is 2.30. The topological polar surface area (TPSA) is 188 Å². The first-order chi connectivity index (χ1) is 32.3. The van der Waals surface area contributed by atoms with Crippen LogP contribution in [-0.2, 0) is 43.2 Å². The molecule has 2 aromatic heterocycles. The molecule has 0 unspecified atom stereocenters. The quantitative estimate of drug-likeness (QED) is 0.110. The number of aromatic amines is 1. The molecule has 4 heterocycles. The van der Waals surface area contributed by atoms with E-state index in [1.165, 1.54) is 40.7 Å². The van der Waals surface area contributed by atoms with Gasteiger partial charge in [-0.3, -0.25) is 9.59 Å². The van der Waals surface area contributed by atoms with Crippen LogP contribution in [0.25, 0.3) is 21.8 Å². The van der Waals surface area contributed by atoms with Crippen LogP contribution in [-0.4, -0.2) is 80.8 Å². The largest absolute Gasteiger partial charge is 0.351 e. The number of carbonyl (C=O) groups excluding carboxylic acids is 2. The molecule has 0 radical (unpaired) electrons. The highest BCUT2D eigenvalue weighted by Gasteiger charge is 2.30. The molecule has 2 amide bonds. The van der Waals surface area contributed by atoms with E-state index in [9.17, 15) is 34.8 Å². The Labute approximate surface area is 392 Å². The first kappa shape index (κ1) is 47.4. The third-order valence-corrected chi connectivity index (χ3v) is 17.6. The summed E-state index contributed by atoms with van der Waals surface area (Å²) in [6.45, 7) is 2.69. The molecule has 14 nitrogen and oxygen atoms in total. The zero-order valence-electron chi connectivity index (χ0n) is 37.0. The maximum Gasteiger partial charge on any atom is 0.269 e. The number of nitrogens with zero attached hydrogens (tertiary/aromatic N) is 3. The van der Waals surface area contributed by atoms with Gasteiger partial charge in [0.05, 0.1) is 20.2 Å². The van der Waals surface area contributed by atoms with Crippen molar-refractivity contribution in [1.82, 2.24) is 28.2 Å². The average Bonchev–Trinajstić information content (AvgIpc) is 3.68. The van der Waals surface area contributed by atoms with Gasteiger partial charge in [0, 0.05) is 55.6 Å². The number of hydrogen-bond donors (Lipinski definition) is 3. The predicted molar refractivity (Wildman–Crippen MR) is 259 cm³/mol. The lowest BCUT2D eigenvalue weighted by molar-refractivity contribution is 0.0938. The number of rotatable bonds is 12. The third-order valence-electron chi connectivity index (χ3n) is 12.1. The zero-order valence-corrected chi connectivity index (χ0v) is 39.5. The summed E-state index contributed by atoms with van der Waals surface area (Å²) in [5, 5.41) is 6.74. The minimum absolute atomic E-state index is 0.0240. The molecular formula is C50H54N6O8S3. The average molecular weight is 963 g/mol. The van der Waals surface area contributed by atoms with Crippen LogP contribution in [0.1, 0.15) is 83.5 Å². The minimum Gasteiger partial charge on any atom is -0.351 e. The Bertz CT molecular complexity index is 3180. The van der Waals surface area contributed by atoms with Crippen molar-refractivity contribution in [3.05, 3.63) is 162 Å². The summed E-state index contributed by atoms with van der Waals surface area (Å²) >= 11 is 0. The van der Waals surface area contributed by atoms with Crippen LogP contribution in [0, 0.1) is 0 Å². The van der Waals surface area contributed by atoms with Gasteiger partial charge in [0.1, 0.15) is 11.4 Å². The first-order valence-electron chi connectivity index (χ1n) is 22.6. The molecule has 2 aliphatic heterocycles. The van der Waals surface area contributed by atoms with Gasteiger partial charge in [0.15, 0.2) is 0 Å². The molecule has 0 saturated carbocycles. The number of carbonyl (C=O) groups is 2. The van der Waals surface area contributed by atoms with Crippen molar-refractivity contribution in [2.45, 2.75) is 79.1 Å². The van der Waals surface area contributed by atoms with E-state index in [0.29, 0.717) is 49.2 Å². The van der Waals surface area contributed by atoms with Gasteiger partial charge in [-0.25, -0.2) is 29.2 Å². The standard InChI is InChI=1S/C28H29N3O5S2.C22H25N3O3S/c32-28(29-21-22-11-5-3-6-12-22)27-20-23-19-25(37(33,34)30-17-9-1-2-10-18-30)15-16-26(23)31(27)38(35,36)24-13-7-4-8-14-24;26-22(23-16-17-8-4-3-5-9-17)21-15-18-14-19(10-11-20(18)24-21)29(27,28)25-12-6-1-2-7-13-25/h3-8,11-16,19-20H,1-2,9-10,17-18,21H2,(H,29,32);3-5,8-11,14-15,24H,1-2,6-7,12-13,16H2,(H,23,26). The number of H-pyrrole nitrogens is 1. The smallest absolute Gasteiger partial charge is 0.269 e. The van der Waals surface area contributed by atoms with Gasteiger partial charge in [-0.2, -0.15) is 8.61 Å². The van der Waals surface area contributed by atoms with Gasteiger partial charge in [0.2, 0.25) is 20.0 Å². The molecule has 350 valence electrons. The van der Waals surface area contributed by atoms with Crippen molar-refractivity contribution < 1.29 is 34.8 Å². The molecule has 7 aromatic rings. The second-order valence-corrected chi connectivity index (χ2v) is 22.4. The number of amides is 2. The number of aromatic nitrogens is 2. The Hall–Kier alpha value is -6.11. The number of benzene rings is 5. The maximum absolute atomic E-state index is 13.7. The monoisotopic (exact) mass is 962 g/mol. The minimum atomic E-state index is -4.16. The van der Waals surface area contributed by atoms with Crippen molar-refractivity contribution in [3.63, 3.8) is 0 Å². The molecule has 0 aliphatic carbocycles. The molecule has 3 N–H and O–H groups in total. The lowest BCUT2D eigenvalue weighted by Gasteiger charge is -2.20. The first-order valence-corrected chi connectivity index (χ1v) is 26.9. The van der Waals surface area contributed by atoms with Gasteiger partial charge in [-0.15, -0.1) is 0 Å². The second kappa shape index (κ2) is 20.8. The van der Waals surface area contributed by atoms with Crippen LogP contribution in [0.4, 0.5) is 0 Å². The van der Waals surface area contributed by atoms with Gasteiger partial charge in [0.25, 0.3) is 21.8 Å². The fourth-order valence-electron chi connectivity index (χ4n) is 8.44. The van der Waals surface area contributed by atoms with E-state index in [-0.39, 0.29) is 38.3 Å². The van der Waals surface area contributed by atoms with Crippen LogP contribution >= 0.6 is 0 Å². The van der Waals surface area contributed by atoms with Crippen molar-refractivity contribution >= 4 is 63.7 Å². The van der Waals surface area contributed by atoms with Crippen LogP contribution in [0.3, 0.4) is 0 Å². The zero-order chi connectivity index (χ0) is 47.0. The van der Waals surface area contributed by atoms with Crippen molar-refractivity contribution in [3.8, 4) is 0 Å². The summed E-state index contributed by atoms with van der Waals surface area (Å²) < 4.78 is 84.4. The van der Waals surface area contributed by atoms with Crippen molar-refractivity contribution in [2.24, 2.45) is 0 Å². The number of hydrogen-bond acceptors (Lipinski definition) is 8. The molecule has 2 fully saturated rings. The van der Waals surface area contributed by atoms with Gasteiger partial charge < -0.3 is 15.6 Å².